The van der Waals surface area contributed by atoms with E-state index in [0.29, 0.717) is 17.3 Å². The third-order valence-electron chi connectivity index (χ3n) is 5.13. The molecule has 5 nitrogen and oxygen atoms in total. The zero-order valence-corrected chi connectivity index (χ0v) is 18.4. The number of phenols is 1. The van der Waals surface area contributed by atoms with Crippen molar-refractivity contribution in [3.05, 3.63) is 29.2 Å². The van der Waals surface area contributed by atoms with Gasteiger partial charge in [-0.25, -0.2) is 4.21 Å². The fraction of sp³-hybridized carbons (Fsp3) is 0.609. The number of phenolic OH excluding ortho intramolecular Hbond substituents is 1. The number of carbonyl (C=O) groups is 1. The van der Waals surface area contributed by atoms with Crippen LogP contribution in [0.1, 0.15) is 78.1 Å². The molecule has 1 aliphatic carbocycles. The first kappa shape index (κ1) is 23.6. The maximum atomic E-state index is 13.0. The minimum atomic E-state index is -1.70. The van der Waals surface area contributed by atoms with Gasteiger partial charge in [-0.05, 0) is 31.9 Å². The molecule has 162 valence electrons. The van der Waals surface area contributed by atoms with E-state index in [4.69, 9.17) is 4.74 Å². The summed E-state index contributed by atoms with van der Waals surface area (Å²) in [5.41, 5.74) is -1.09. The molecular formula is C23H34O5S. The van der Waals surface area contributed by atoms with Gasteiger partial charge in [-0.1, -0.05) is 57.9 Å². The summed E-state index contributed by atoms with van der Waals surface area (Å²) < 4.78 is 18.8. The zero-order valence-electron chi connectivity index (χ0n) is 17.6. The van der Waals surface area contributed by atoms with Crippen LogP contribution in [-0.4, -0.2) is 32.4 Å². The number of carbonyl (C=O) groups excluding carboxylic acids is 1. The Bertz CT molecular complexity index is 739. The van der Waals surface area contributed by atoms with Gasteiger partial charge in [-0.3, -0.25) is 4.79 Å². The van der Waals surface area contributed by atoms with Gasteiger partial charge in [0.15, 0.2) is 5.78 Å². The van der Waals surface area contributed by atoms with Crippen molar-refractivity contribution in [2.24, 2.45) is 0 Å². The molecule has 0 aliphatic heterocycles. The molecule has 0 aromatic heterocycles. The number of rotatable bonds is 12. The summed E-state index contributed by atoms with van der Waals surface area (Å²) in [5.74, 6) is 0.0579. The van der Waals surface area contributed by atoms with Crippen LogP contribution in [0.3, 0.4) is 0 Å². The number of ketones is 1. The SMILES string of the molecule is CCCCCCCCCCOc1cc(O)ccc1S(=O)C1=CCC(C)(O)CC1=O. The molecule has 29 heavy (non-hydrogen) atoms. The number of Topliss-reactive ketones (excluding diaryl/α,β-unsaturated/α-hetero) is 1. The van der Waals surface area contributed by atoms with Gasteiger partial charge in [0.05, 0.1) is 32.8 Å². The molecule has 2 unspecified atom stereocenters. The Balaban J connectivity index is 1.91. The van der Waals surface area contributed by atoms with Gasteiger partial charge >= 0.3 is 0 Å². The van der Waals surface area contributed by atoms with E-state index >= 15 is 0 Å². The molecule has 0 saturated heterocycles. The molecule has 1 aromatic carbocycles. The lowest BCUT2D eigenvalue weighted by molar-refractivity contribution is -0.119. The molecule has 0 radical (unpaired) electrons. The van der Waals surface area contributed by atoms with Gasteiger partial charge in [-0.15, -0.1) is 0 Å². The number of hydrogen-bond acceptors (Lipinski definition) is 5. The van der Waals surface area contributed by atoms with Crippen LogP contribution >= 0.6 is 0 Å². The van der Waals surface area contributed by atoms with Crippen LogP contribution in [0.5, 0.6) is 11.5 Å². The molecule has 0 amide bonds. The van der Waals surface area contributed by atoms with Crippen molar-refractivity contribution in [1.29, 1.82) is 0 Å². The first-order valence-electron chi connectivity index (χ1n) is 10.7. The molecule has 1 aromatic rings. The molecular weight excluding hydrogens is 388 g/mol. The van der Waals surface area contributed by atoms with E-state index < -0.39 is 16.4 Å². The van der Waals surface area contributed by atoms with Crippen LogP contribution in [0.15, 0.2) is 34.1 Å². The van der Waals surface area contributed by atoms with Crippen molar-refractivity contribution in [3.8, 4) is 11.5 Å². The second-order valence-corrected chi connectivity index (χ2v) is 9.51. The Morgan fingerprint density at radius 3 is 2.41 bits per heavy atom. The Morgan fingerprint density at radius 1 is 1.10 bits per heavy atom. The van der Waals surface area contributed by atoms with E-state index in [-0.39, 0.29) is 29.3 Å². The Labute approximate surface area is 176 Å². The highest BCUT2D eigenvalue weighted by Crippen LogP contribution is 2.33. The first-order valence-corrected chi connectivity index (χ1v) is 11.8. The van der Waals surface area contributed by atoms with Crippen LogP contribution in [0.2, 0.25) is 0 Å². The lowest BCUT2D eigenvalue weighted by Crippen LogP contribution is -2.32. The van der Waals surface area contributed by atoms with Gasteiger partial charge in [-0.2, -0.15) is 0 Å². The lowest BCUT2D eigenvalue weighted by atomic mass is 9.91. The summed E-state index contributed by atoms with van der Waals surface area (Å²) in [5, 5.41) is 19.8. The lowest BCUT2D eigenvalue weighted by Gasteiger charge is -2.26. The van der Waals surface area contributed by atoms with Crippen molar-refractivity contribution in [3.63, 3.8) is 0 Å². The van der Waals surface area contributed by atoms with Gasteiger partial charge < -0.3 is 14.9 Å². The molecule has 6 heteroatoms. The molecule has 0 fully saturated rings. The number of hydrogen-bond donors (Lipinski definition) is 2. The third-order valence-corrected chi connectivity index (χ3v) is 6.66. The van der Waals surface area contributed by atoms with E-state index in [1.807, 2.05) is 0 Å². The summed E-state index contributed by atoms with van der Waals surface area (Å²) in [7, 11) is -1.70. The van der Waals surface area contributed by atoms with Crippen LogP contribution in [0, 0.1) is 0 Å². The van der Waals surface area contributed by atoms with Crippen LogP contribution in [-0.2, 0) is 15.6 Å². The predicted molar refractivity (Wildman–Crippen MR) is 116 cm³/mol. The van der Waals surface area contributed by atoms with Crippen molar-refractivity contribution in [2.75, 3.05) is 6.61 Å². The number of allylic oxidation sites excluding steroid dienone is 1. The Hall–Kier alpha value is -1.66. The van der Waals surface area contributed by atoms with Gasteiger partial charge in [0.25, 0.3) is 0 Å². The minimum absolute atomic E-state index is 0.0311. The van der Waals surface area contributed by atoms with Crippen molar-refractivity contribution in [1.82, 2.24) is 0 Å². The molecule has 1 aliphatic rings. The van der Waals surface area contributed by atoms with Crippen molar-refractivity contribution >= 4 is 16.6 Å². The number of ether oxygens (including phenoxy) is 1. The normalized spacial score (nSPS) is 20.4. The van der Waals surface area contributed by atoms with Gasteiger partial charge in [0, 0.05) is 12.5 Å². The minimum Gasteiger partial charge on any atom is -0.508 e. The number of aromatic hydroxyl groups is 1. The Kier molecular flexibility index (Phi) is 9.37. The first-order chi connectivity index (χ1) is 13.8. The third kappa shape index (κ3) is 7.59. The zero-order chi connectivity index (χ0) is 21.3. The topological polar surface area (TPSA) is 83.8 Å². The fourth-order valence-electron chi connectivity index (χ4n) is 3.41. The summed E-state index contributed by atoms with van der Waals surface area (Å²) in [4.78, 5) is 12.9. The average Bonchev–Trinajstić information content (AvgIpc) is 2.65. The largest absolute Gasteiger partial charge is 0.508 e. The highest BCUT2D eigenvalue weighted by Gasteiger charge is 2.33. The maximum absolute atomic E-state index is 13.0. The Morgan fingerprint density at radius 2 is 1.76 bits per heavy atom. The summed E-state index contributed by atoms with van der Waals surface area (Å²) >= 11 is 0. The van der Waals surface area contributed by atoms with Crippen molar-refractivity contribution in [2.45, 2.75) is 88.6 Å². The smallest absolute Gasteiger partial charge is 0.174 e. The molecule has 0 bridgehead atoms. The van der Waals surface area contributed by atoms with Gasteiger partial charge in [0.1, 0.15) is 11.5 Å². The van der Waals surface area contributed by atoms with E-state index in [0.717, 1.165) is 12.8 Å². The maximum Gasteiger partial charge on any atom is 0.174 e. The van der Waals surface area contributed by atoms with E-state index in [1.165, 1.54) is 56.7 Å². The standard InChI is InChI=1S/C23H34O5S/c1-3-4-5-6-7-8-9-10-15-28-20-16-18(24)11-12-22(20)29(27)21-13-14-23(2,26)17-19(21)25/h11-13,16,24,26H,3-10,14-15,17H2,1-2H3. The highest BCUT2D eigenvalue weighted by atomic mass is 32.2. The predicted octanol–water partition coefficient (Wildman–Crippen LogP) is 5.02. The average molecular weight is 423 g/mol. The molecule has 2 atom stereocenters. The van der Waals surface area contributed by atoms with E-state index in [1.54, 1.807) is 13.0 Å². The second kappa shape index (κ2) is 11.5. The van der Waals surface area contributed by atoms with Crippen LogP contribution < -0.4 is 4.74 Å². The molecule has 0 spiro atoms. The van der Waals surface area contributed by atoms with Gasteiger partial charge in [0.2, 0.25) is 0 Å². The van der Waals surface area contributed by atoms with Crippen LogP contribution in [0.25, 0.3) is 0 Å². The second-order valence-electron chi connectivity index (χ2n) is 8.09. The number of unbranched alkanes of at least 4 members (excludes halogenated alkanes) is 7. The van der Waals surface area contributed by atoms with Crippen molar-refractivity contribution < 1.29 is 24.0 Å². The quantitative estimate of drug-likeness (QED) is 0.462. The highest BCUT2D eigenvalue weighted by molar-refractivity contribution is 7.90. The molecule has 0 heterocycles. The summed E-state index contributed by atoms with van der Waals surface area (Å²) in [6, 6.07) is 4.43. The summed E-state index contributed by atoms with van der Waals surface area (Å²) in [6.45, 7) is 4.29. The van der Waals surface area contributed by atoms with E-state index in [9.17, 15) is 19.2 Å². The van der Waals surface area contributed by atoms with E-state index in [2.05, 4.69) is 6.92 Å². The van der Waals surface area contributed by atoms with Crippen LogP contribution in [0.4, 0.5) is 0 Å². The number of benzene rings is 1. The number of aliphatic hydroxyl groups is 1. The summed E-state index contributed by atoms with van der Waals surface area (Å²) in [6.07, 6.45) is 11.3. The molecule has 2 rings (SSSR count). The molecule has 0 saturated carbocycles. The fourth-order valence-corrected chi connectivity index (χ4v) is 4.65. The monoisotopic (exact) mass is 422 g/mol. The molecule has 2 N–H and O–H groups in total.